The van der Waals surface area contributed by atoms with Crippen LogP contribution in [0.25, 0.3) is 0 Å². The van der Waals surface area contributed by atoms with E-state index in [0.717, 1.165) is 5.33 Å². The van der Waals surface area contributed by atoms with Crippen molar-refractivity contribution in [3.8, 4) is 0 Å². The van der Waals surface area contributed by atoms with E-state index in [0.29, 0.717) is 6.42 Å². The standard InChI is InChI=1S/C9H19BrO2S/c1-5-8(2)13(11,12)7-9(3,4)6-10/h8H,5-7H2,1-4H3. The Kier molecular flexibility index (Phi) is 4.94. The zero-order valence-electron chi connectivity index (χ0n) is 8.80. The van der Waals surface area contributed by atoms with Crippen LogP contribution < -0.4 is 0 Å². The lowest BCUT2D eigenvalue weighted by Crippen LogP contribution is -2.31. The summed E-state index contributed by atoms with van der Waals surface area (Å²) in [6, 6.07) is 0. The quantitative estimate of drug-likeness (QED) is 0.720. The van der Waals surface area contributed by atoms with Crippen molar-refractivity contribution in [1.82, 2.24) is 0 Å². The van der Waals surface area contributed by atoms with Gasteiger partial charge in [0.05, 0.1) is 11.0 Å². The summed E-state index contributed by atoms with van der Waals surface area (Å²) in [4.78, 5) is 0. The van der Waals surface area contributed by atoms with Crippen molar-refractivity contribution in [1.29, 1.82) is 0 Å². The Labute approximate surface area is 90.2 Å². The van der Waals surface area contributed by atoms with Crippen molar-refractivity contribution in [2.24, 2.45) is 5.41 Å². The van der Waals surface area contributed by atoms with Gasteiger partial charge < -0.3 is 0 Å². The van der Waals surface area contributed by atoms with Crippen molar-refractivity contribution < 1.29 is 8.42 Å². The molecule has 0 spiro atoms. The van der Waals surface area contributed by atoms with Crippen molar-refractivity contribution in [3.05, 3.63) is 0 Å². The zero-order chi connectivity index (χ0) is 10.7. The molecule has 1 atom stereocenters. The third kappa shape index (κ3) is 4.45. The van der Waals surface area contributed by atoms with E-state index in [1.807, 2.05) is 20.8 Å². The van der Waals surface area contributed by atoms with E-state index < -0.39 is 9.84 Å². The van der Waals surface area contributed by atoms with Crippen LogP contribution in [0.4, 0.5) is 0 Å². The summed E-state index contributed by atoms with van der Waals surface area (Å²) >= 11 is 3.33. The lowest BCUT2D eigenvalue weighted by molar-refractivity contribution is 0.470. The molecule has 0 rings (SSSR count). The molecule has 2 nitrogen and oxygen atoms in total. The molecular weight excluding hydrogens is 252 g/mol. The average Bonchev–Trinajstić information content (AvgIpc) is 2.01. The lowest BCUT2D eigenvalue weighted by atomic mass is 10.0. The van der Waals surface area contributed by atoms with Crippen LogP contribution in [0.2, 0.25) is 0 Å². The number of rotatable bonds is 5. The van der Waals surface area contributed by atoms with E-state index in [1.165, 1.54) is 0 Å². The molecule has 4 heteroatoms. The Balaban J connectivity index is 4.52. The molecule has 0 N–H and O–H groups in total. The predicted octanol–water partition coefficient (Wildman–Crippen LogP) is 2.62. The van der Waals surface area contributed by atoms with Crippen LogP contribution in [-0.4, -0.2) is 24.8 Å². The second kappa shape index (κ2) is 4.78. The molecule has 1 unspecified atom stereocenters. The van der Waals surface area contributed by atoms with E-state index in [4.69, 9.17) is 0 Å². The summed E-state index contributed by atoms with van der Waals surface area (Å²) in [5.41, 5.74) is -0.164. The molecule has 0 bridgehead atoms. The first-order valence-corrected chi connectivity index (χ1v) is 7.36. The summed E-state index contributed by atoms with van der Waals surface area (Å²) < 4.78 is 23.4. The second-order valence-electron chi connectivity index (χ2n) is 4.32. The van der Waals surface area contributed by atoms with E-state index in [9.17, 15) is 8.42 Å². The number of alkyl halides is 1. The molecule has 0 aliphatic heterocycles. The van der Waals surface area contributed by atoms with Crippen LogP contribution in [-0.2, 0) is 9.84 Å². The van der Waals surface area contributed by atoms with Gasteiger partial charge in [0.2, 0.25) is 0 Å². The predicted molar refractivity (Wildman–Crippen MR) is 61.1 cm³/mol. The van der Waals surface area contributed by atoms with Gasteiger partial charge in [-0.05, 0) is 18.8 Å². The Hall–Kier alpha value is 0.430. The van der Waals surface area contributed by atoms with Gasteiger partial charge in [0.1, 0.15) is 0 Å². The fourth-order valence-electron chi connectivity index (χ4n) is 0.979. The molecule has 0 radical (unpaired) electrons. The smallest absolute Gasteiger partial charge is 0.153 e. The molecule has 0 aromatic rings. The maximum atomic E-state index is 11.7. The highest BCUT2D eigenvalue weighted by Gasteiger charge is 2.28. The van der Waals surface area contributed by atoms with Gasteiger partial charge in [-0.25, -0.2) is 8.42 Å². The molecule has 0 fully saturated rings. The van der Waals surface area contributed by atoms with Gasteiger partial charge >= 0.3 is 0 Å². The first-order valence-electron chi connectivity index (χ1n) is 4.52. The van der Waals surface area contributed by atoms with Gasteiger partial charge in [-0.15, -0.1) is 0 Å². The summed E-state index contributed by atoms with van der Waals surface area (Å²) in [6.07, 6.45) is 0.695. The second-order valence-corrected chi connectivity index (χ2v) is 7.30. The minimum Gasteiger partial charge on any atom is -0.229 e. The Bertz CT molecular complexity index is 244. The van der Waals surface area contributed by atoms with Crippen LogP contribution in [0.3, 0.4) is 0 Å². The Morgan fingerprint density at radius 1 is 1.38 bits per heavy atom. The molecular formula is C9H19BrO2S. The first-order chi connectivity index (χ1) is 5.75. The number of hydrogen-bond acceptors (Lipinski definition) is 2. The van der Waals surface area contributed by atoms with Crippen LogP contribution in [0, 0.1) is 5.41 Å². The molecule has 0 aliphatic rings. The molecule has 0 aliphatic carbocycles. The van der Waals surface area contributed by atoms with Crippen molar-refractivity contribution in [3.63, 3.8) is 0 Å². The normalized spacial score (nSPS) is 15.8. The minimum absolute atomic E-state index is 0.164. The van der Waals surface area contributed by atoms with Gasteiger partial charge in [0.25, 0.3) is 0 Å². The highest BCUT2D eigenvalue weighted by molar-refractivity contribution is 9.09. The molecule has 0 heterocycles. The molecule has 13 heavy (non-hydrogen) atoms. The van der Waals surface area contributed by atoms with Gasteiger partial charge in [-0.2, -0.15) is 0 Å². The summed E-state index contributed by atoms with van der Waals surface area (Å²) in [7, 11) is -2.91. The van der Waals surface area contributed by atoms with E-state index in [-0.39, 0.29) is 16.4 Å². The Morgan fingerprint density at radius 2 is 1.85 bits per heavy atom. The highest BCUT2D eigenvalue weighted by atomic mass is 79.9. The topological polar surface area (TPSA) is 34.1 Å². The van der Waals surface area contributed by atoms with Gasteiger partial charge in [0.15, 0.2) is 9.84 Å². The monoisotopic (exact) mass is 270 g/mol. The summed E-state index contributed by atoms with van der Waals surface area (Å²) in [6.45, 7) is 7.60. The maximum Gasteiger partial charge on any atom is 0.153 e. The largest absolute Gasteiger partial charge is 0.229 e. The van der Waals surface area contributed by atoms with Crippen molar-refractivity contribution >= 4 is 25.8 Å². The Morgan fingerprint density at radius 3 is 2.15 bits per heavy atom. The van der Waals surface area contributed by atoms with Crippen molar-refractivity contribution in [2.75, 3.05) is 11.1 Å². The number of sulfone groups is 1. The molecule has 0 amide bonds. The SMILES string of the molecule is CCC(C)S(=O)(=O)CC(C)(C)CBr. The molecule has 0 aromatic carbocycles. The fourth-order valence-corrected chi connectivity index (χ4v) is 3.42. The summed E-state index contributed by atoms with van der Waals surface area (Å²) in [5, 5.41) is 0.501. The van der Waals surface area contributed by atoms with E-state index in [1.54, 1.807) is 6.92 Å². The van der Waals surface area contributed by atoms with E-state index in [2.05, 4.69) is 15.9 Å². The van der Waals surface area contributed by atoms with Crippen LogP contribution >= 0.6 is 15.9 Å². The average molecular weight is 271 g/mol. The number of hydrogen-bond donors (Lipinski definition) is 0. The maximum absolute atomic E-state index is 11.7. The van der Waals surface area contributed by atoms with Gasteiger partial charge in [-0.3, -0.25) is 0 Å². The van der Waals surface area contributed by atoms with Crippen LogP contribution in [0.1, 0.15) is 34.1 Å². The fraction of sp³-hybridized carbons (Fsp3) is 1.00. The van der Waals surface area contributed by atoms with Crippen LogP contribution in [0.15, 0.2) is 0 Å². The highest BCUT2D eigenvalue weighted by Crippen LogP contribution is 2.23. The zero-order valence-corrected chi connectivity index (χ0v) is 11.2. The number of halogens is 1. The molecule has 80 valence electrons. The van der Waals surface area contributed by atoms with Gasteiger partial charge in [0, 0.05) is 5.33 Å². The minimum atomic E-state index is -2.91. The lowest BCUT2D eigenvalue weighted by Gasteiger charge is -2.23. The third-order valence-electron chi connectivity index (χ3n) is 2.14. The molecule has 0 saturated carbocycles. The van der Waals surface area contributed by atoms with Gasteiger partial charge in [-0.1, -0.05) is 36.7 Å². The summed E-state index contributed by atoms with van der Waals surface area (Å²) in [5.74, 6) is 0.264. The third-order valence-corrected chi connectivity index (χ3v) is 6.40. The van der Waals surface area contributed by atoms with Crippen molar-refractivity contribution in [2.45, 2.75) is 39.4 Å². The first kappa shape index (κ1) is 13.4. The van der Waals surface area contributed by atoms with Crippen LogP contribution in [0.5, 0.6) is 0 Å². The molecule has 0 saturated heterocycles. The van der Waals surface area contributed by atoms with E-state index >= 15 is 0 Å². The molecule has 0 aromatic heterocycles.